The molecule has 0 radical (unpaired) electrons. The number of hydrogen-bond acceptors (Lipinski definition) is 8. The predicted octanol–water partition coefficient (Wildman–Crippen LogP) is 6.91. The van der Waals surface area contributed by atoms with Crippen molar-refractivity contribution < 1.29 is 19.1 Å². The third kappa shape index (κ3) is 6.85. The summed E-state index contributed by atoms with van der Waals surface area (Å²) >= 11 is 0. The smallest absolute Gasteiger partial charge is 0.358 e. The highest BCUT2D eigenvalue weighted by molar-refractivity contribution is 6.16. The number of fused-ring (bicyclic) bond motifs is 6. The minimum absolute atomic E-state index is 0.191. The zero-order valence-electron chi connectivity index (χ0n) is 29.8. The van der Waals surface area contributed by atoms with Crippen molar-refractivity contribution in [1.82, 2.24) is 19.1 Å². The second kappa shape index (κ2) is 15.4. The minimum atomic E-state index is -0.518. The maximum Gasteiger partial charge on any atom is 0.358 e. The van der Waals surface area contributed by atoms with E-state index in [0.29, 0.717) is 30.7 Å². The number of rotatable bonds is 10. The first-order valence-corrected chi connectivity index (χ1v) is 17.9. The summed E-state index contributed by atoms with van der Waals surface area (Å²) in [7, 11) is 0. The Labute approximate surface area is 318 Å². The monoisotopic (exact) mass is 722 g/mol. The third-order valence-corrected chi connectivity index (χ3v) is 9.60. The molecule has 8 rings (SSSR count). The largest absolute Gasteiger partial charge is 0.461 e. The van der Waals surface area contributed by atoms with Gasteiger partial charge in [0.05, 0.1) is 60.5 Å². The average molecular weight is 723 g/mol. The number of nitrogens with zero attached hydrogens (tertiary/aromatic N) is 6. The topological polar surface area (TPSA) is 113 Å². The number of benzene rings is 4. The van der Waals surface area contributed by atoms with Crippen LogP contribution < -0.4 is 0 Å². The van der Waals surface area contributed by atoms with E-state index in [1.54, 1.807) is 12.7 Å². The fourth-order valence-corrected chi connectivity index (χ4v) is 6.87. The molecule has 0 N–H and O–H groups in total. The number of hydrogen-bond donors (Lipinski definition) is 0. The molecule has 0 bridgehead atoms. The summed E-state index contributed by atoms with van der Waals surface area (Å²) in [6, 6.07) is 31.2. The number of carbonyl (C=O) groups excluding carboxylic acids is 2. The van der Waals surface area contributed by atoms with Gasteiger partial charge in [0.1, 0.15) is 12.7 Å². The molecule has 2 aliphatic rings. The van der Waals surface area contributed by atoms with Gasteiger partial charge in [0, 0.05) is 33.4 Å². The molecule has 0 saturated carbocycles. The average Bonchev–Trinajstić information content (AvgIpc) is 3.77. The van der Waals surface area contributed by atoms with E-state index in [2.05, 4.69) is 21.8 Å². The lowest BCUT2D eigenvalue weighted by atomic mass is 9.98. The Morgan fingerprint density at radius 3 is 1.45 bits per heavy atom. The van der Waals surface area contributed by atoms with E-state index < -0.39 is 11.9 Å². The molecule has 0 aliphatic carbocycles. The lowest BCUT2D eigenvalue weighted by Gasteiger charge is -2.12. The maximum atomic E-state index is 13.2. The van der Waals surface area contributed by atoms with Crippen LogP contribution >= 0.6 is 0 Å². The van der Waals surface area contributed by atoms with Crippen molar-refractivity contribution in [2.45, 2.75) is 32.4 Å². The molecule has 55 heavy (non-hydrogen) atoms. The van der Waals surface area contributed by atoms with E-state index >= 15 is 0 Å². The SMILES string of the molecule is C#Cc1ccc2c(c1)C(c1ccccc1)=NCc1c(C(=O)OCCCCCOC(=O)c3ncn4c3CN=C(c3ccccc3)c3cc(C#C)ccc3-4)ncn1-2. The minimum Gasteiger partial charge on any atom is -0.461 e. The number of aliphatic imine (C=N–C) groups is 2. The Morgan fingerprint density at radius 1 is 0.600 bits per heavy atom. The van der Waals surface area contributed by atoms with Crippen LogP contribution in [-0.4, -0.2) is 55.7 Å². The van der Waals surface area contributed by atoms with E-state index in [4.69, 9.17) is 32.3 Å². The quantitative estimate of drug-likeness (QED) is 0.0864. The molecule has 0 spiro atoms. The molecule has 10 heteroatoms. The molecular weight excluding hydrogens is 689 g/mol. The van der Waals surface area contributed by atoms with Gasteiger partial charge in [-0.25, -0.2) is 19.6 Å². The van der Waals surface area contributed by atoms with Crippen LogP contribution in [0, 0.1) is 24.7 Å². The highest BCUT2D eigenvalue weighted by atomic mass is 16.5. The van der Waals surface area contributed by atoms with Crippen LogP contribution in [0.15, 0.2) is 120 Å². The van der Waals surface area contributed by atoms with Gasteiger partial charge in [-0.2, -0.15) is 0 Å². The second-order valence-corrected chi connectivity index (χ2v) is 13.0. The fraction of sp³-hybridized carbons (Fsp3) is 0.156. The first-order valence-electron chi connectivity index (χ1n) is 17.9. The summed E-state index contributed by atoms with van der Waals surface area (Å²) in [4.78, 5) is 45.2. The van der Waals surface area contributed by atoms with E-state index in [1.807, 2.05) is 106 Å². The van der Waals surface area contributed by atoms with Crippen LogP contribution in [0.25, 0.3) is 11.4 Å². The lowest BCUT2D eigenvalue weighted by molar-refractivity contribution is 0.0470. The summed E-state index contributed by atoms with van der Waals surface area (Å²) in [6.07, 6.45) is 16.5. The Kier molecular flexibility index (Phi) is 9.71. The van der Waals surface area contributed by atoms with Gasteiger partial charge in [0.25, 0.3) is 0 Å². The number of carbonyl (C=O) groups is 2. The molecule has 0 saturated heterocycles. The van der Waals surface area contributed by atoms with E-state index in [1.165, 1.54) is 0 Å². The summed E-state index contributed by atoms with van der Waals surface area (Å²) < 4.78 is 15.0. The van der Waals surface area contributed by atoms with Crippen molar-refractivity contribution in [1.29, 1.82) is 0 Å². The number of esters is 2. The molecule has 4 heterocycles. The number of aromatic nitrogens is 4. The molecule has 2 aromatic heterocycles. The van der Waals surface area contributed by atoms with Crippen LogP contribution in [0.5, 0.6) is 0 Å². The van der Waals surface area contributed by atoms with Gasteiger partial charge >= 0.3 is 11.9 Å². The van der Waals surface area contributed by atoms with Crippen LogP contribution in [0.3, 0.4) is 0 Å². The summed E-state index contributed by atoms with van der Waals surface area (Å²) in [6.45, 7) is 0.854. The van der Waals surface area contributed by atoms with Crippen molar-refractivity contribution in [2.75, 3.05) is 13.2 Å². The lowest BCUT2D eigenvalue weighted by Crippen LogP contribution is -2.12. The predicted molar refractivity (Wildman–Crippen MR) is 209 cm³/mol. The number of terminal acetylenes is 2. The molecular formula is C45H34N6O4. The normalized spacial score (nSPS) is 12.5. The molecule has 4 aromatic carbocycles. The first-order chi connectivity index (χ1) is 27.0. The third-order valence-electron chi connectivity index (χ3n) is 9.60. The Balaban J connectivity index is 0.875. The molecule has 268 valence electrons. The van der Waals surface area contributed by atoms with Gasteiger partial charge in [-0.15, -0.1) is 12.8 Å². The number of imidazole rings is 2. The van der Waals surface area contributed by atoms with Crippen molar-refractivity contribution >= 4 is 23.4 Å². The van der Waals surface area contributed by atoms with Crippen molar-refractivity contribution in [3.8, 4) is 36.1 Å². The summed E-state index contributed by atoms with van der Waals surface area (Å²) in [5, 5.41) is 0. The van der Waals surface area contributed by atoms with Gasteiger partial charge in [-0.05, 0) is 55.7 Å². The molecule has 0 atom stereocenters. The van der Waals surface area contributed by atoms with Crippen LogP contribution in [0.1, 0.15) is 85.0 Å². The van der Waals surface area contributed by atoms with Crippen LogP contribution in [0.4, 0.5) is 0 Å². The first kappa shape index (κ1) is 34.8. The maximum absolute atomic E-state index is 13.2. The van der Waals surface area contributed by atoms with E-state index in [-0.39, 0.29) is 37.7 Å². The standard InChI is InChI=1S/C45H34N6O4/c1-3-30-18-20-36-34(24-30)40(32-14-8-5-9-15-32)46-26-38-42(48-28-50(36)38)44(52)54-22-12-7-13-23-55-45(53)43-39-27-47-41(33-16-10-6-11-17-33)35-25-31(4-2)19-21-37(35)51(39)29-49-43/h1-2,5-6,8-11,14-21,24-25,28-29H,7,12-13,22-23,26-27H2. The van der Waals surface area contributed by atoms with Crippen LogP contribution in [0.2, 0.25) is 0 Å². The van der Waals surface area contributed by atoms with Crippen molar-refractivity contribution in [3.05, 3.63) is 166 Å². The Hall–Kier alpha value is -7.30. The highest BCUT2D eigenvalue weighted by Crippen LogP contribution is 2.30. The fourth-order valence-electron chi connectivity index (χ4n) is 6.87. The van der Waals surface area contributed by atoms with Gasteiger partial charge in [-0.1, -0.05) is 72.5 Å². The van der Waals surface area contributed by atoms with E-state index in [9.17, 15) is 9.59 Å². The molecule has 0 unspecified atom stereocenters. The van der Waals surface area contributed by atoms with E-state index in [0.717, 1.165) is 56.2 Å². The van der Waals surface area contributed by atoms with Crippen LogP contribution in [-0.2, 0) is 22.6 Å². The van der Waals surface area contributed by atoms with Crippen molar-refractivity contribution in [2.24, 2.45) is 9.98 Å². The number of unbranched alkanes of at least 4 members (excludes halogenated alkanes) is 2. The molecule has 10 nitrogen and oxygen atoms in total. The van der Waals surface area contributed by atoms with Gasteiger partial charge in [0.2, 0.25) is 0 Å². The van der Waals surface area contributed by atoms with Gasteiger partial charge < -0.3 is 9.47 Å². The molecule has 2 aliphatic heterocycles. The summed E-state index contributed by atoms with van der Waals surface area (Å²) in [5.41, 5.74) is 10.0. The molecule has 0 amide bonds. The zero-order chi connectivity index (χ0) is 37.7. The zero-order valence-corrected chi connectivity index (χ0v) is 29.8. The second-order valence-electron chi connectivity index (χ2n) is 13.0. The molecule has 6 aromatic rings. The number of ether oxygens (including phenoxy) is 2. The van der Waals surface area contributed by atoms with Crippen molar-refractivity contribution in [3.63, 3.8) is 0 Å². The van der Waals surface area contributed by atoms with Gasteiger partial charge in [0.15, 0.2) is 11.4 Å². The Morgan fingerprint density at radius 2 is 1.04 bits per heavy atom. The highest BCUT2D eigenvalue weighted by Gasteiger charge is 2.27. The summed E-state index contributed by atoms with van der Waals surface area (Å²) in [5.74, 6) is 4.37. The Bertz CT molecular complexity index is 2410. The van der Waals surface area contributed by atoms with Gasteiger partial charge in [-0.3, -0.25) is 19.1 Å². The molecule has 0 fully saturated rings.